The summed E-state index contributed by atoms with van der Waals surface area (Å²) < 4.78 is 64.7. The summed E-state index contributed by atoms with van der Waals surface area (Å²) >= 11 is 0. The monoisotopic (exact) mass is 779 g/mol. The molecule has 1 amide bonds. The number of nitrogens with one attached hydrogen (secondary N) is 1. The predicted molar refractivity (Wildman–Crippen MR) is 203 cm³/mol. The third-order valence-electron chi connectivity index (χ3n) is 8.10. The fourth-order valence-corrected chi connectivity index (χ4v) is 5.35. The molecule has 1 aliphatic rings. The van der Waals surface area contributed by atoms with Crippen LogP contribution in [0.1, 0.15) is 29.9 Å². The van der Waals surface area contributed by atoms with Gasteiger partial charge in [0.25, 0.3) is 0 Å². The topological polar surface area (TPSA) is 157 Å². The van der Waals surface area contributed by atoms with Crippen LogP contribution < -0.4 is 5.32 Å². The van der Waals surface area contributed by atoms with E-state index in [1.807, 2.05) is 24.3 Å². The SMILES string of the molecule is COC(=O)CCOCCOCCOCCOCCOCCOCCOCCOCCOCCOCCCNC(=O)OCC1c2ccccc2-c2ccccc21. The molecule has 0 bridgehead atoms. The minimum Gasteiger partial charge on any atom is -0.469 e. The Labute approximate surface area is 325 Å². The van der Waals surface area contributed by atoms with Crippen molar-refractivity contribution in [3.63, 3.8) is 0 Å². The number of carbonyl (C=O) groups is 2. The van der Waals surface area contributed by atoms with Gasteiger partial charge in [-0.25, -0.2) is 4.79 Å². The quantitative estimate of drug-likeness (QED) is 0.0790. The van der Waals surface area contributed by atoms with E-state index in [0.29, 0.717) is 152 Å². The number of amides is 1. The van der Waals surface area contributed by atoms with Crippen LogP contribution in [-0.2, 0) is 61.6 Å². The molecule has 1 N–H and O–H groups in total. The lowest BCUT2D eigenvalue weighted by molar-refractivity contribution is -0.141. The summed E-state index contributed by atoms with van der Waals surface area (Å²) in [6, 6.07) is 16.6. The number of ether oxygens (including phenoxy) is 12. The van der Waals surface area contributed by atoms with E-state index in [1.165, 1.54) is 29.4 Å². The summed E-state index contributed by atoms with van der Waals surface area (Å²) in [6.07, 6.45) is 0.502. The van der Waals surface area contributed by atoms with Gasteiger partial charge in [-0.3, -0.25) is 4.79 Å². The first kappa shape index (κ1) is 46.2. The zero-order valence-electron chi connectivity index (χ0n) is 32.4. The minimum absolute atomic E-state index is 0.0465. The normalized spacial score (nSPS) is 12.1. The van der Waals surface area contributed by atoms with E-state index < -0.39 is 6.09 Å². The second-order valence-electron chi connectivity index (χ2n) is 12.1. The molecule has 310 valence electrons. The average Bonchev–Trinajstić information content (AvgIpc) is 3.53. The Kier molecular flexibility index (Phi) is 26.8. The zero-order valence-corrected chi connectivity index (χ0v) is 32.4. The Balaban J connectivity index is 0.945. The Morgan fingerprint density at radius 1 is 0.491 bits per heavy atom. The van der Waals surface area contributed by atoms with Gasteiger partial charge in [-0.05, 0) is 28.7 Å². The third kappa shape index (κ3) is 21.6. The van der Waals surface area contributed by atoms with Crippen LogP contribution in [0.3, 0.4) is 0 Å². The molecule has 2 aromatic rings. The van der Waals surface area contributed by atoms with Crippen LogP contribution in [0.5, 0.6) is 0 Å². The molecule has 55 heavy (non-hydrogen) atoms. The molecule has 1 aliphatic carbocycles. The Morgan fingerprint density at radius 3 is 1.22 bits per heavy atom. The third-order valence-corrected chi connectivity index (χ3v) is 8.10. The highest BCUT2D eigenvalue weighted by Crippen LogP contribution is 2.44. The number of esters is 1. The molecule has 0 atom stereocenters. The molecule has 0 fully saturated rings. The average molecular weight is 780 g/mol. The summed E-state index contributed by atoms with van der Waals surface area (Å²) in [7, 11) is 1.35. The van der Waals surface area contributed by atoms with Crippen LogP contribution in [0.4, 0.5) is 4.79 Å². The van der Waals surface area contributed by atoms with Crippen LogP contribution in [-0.4, -0.2) is 164 Å². The highest BCUT2D eigenvalue weighted by atomic mass is 16.6. The Hall–Kier alpha value is -3.22. The van der Waals surface area contributed by atoms with E-state index in [1.54, 1.807) is 0 Å². The minimum atomic E-state index is -0.418. The maximum Gasteiger partial charge on any atom is 0.407 e. The van der Waals surface area contributed by atoms with E-state index in [0.717, 1.165) is 0 Å². The summed E-state index contributed by atoms with van der Waals surface area (Å²) in [5, 5.41) is 2.80. The fraction of sp³-hybridized carbons (Fsp3) is 0.650. The van der Waals surface area contributed by atoms with Crippen molar-refractivity contribution in [2.24, 2.45) is 0 Å². The summed E-state index contributed by atoms with van der Waals surface area (Å²) in [4.78, 5) is 23.2. The number of methoxy groups -OCH3 is 1. The van der Waals surface area contributed by atoms with Crippen LogP contribution in [0.25, 0.3) is 11.1 Å². The molecule has 3 rings (SSSR count). The highest BCUT2D eigenvalue weighted by molar-refractivity contribution is 5.79. The molecule has 2 aromatic carbocycles. The summed E-state index contributed by atoms with van der Waals surface area (Å²) in [6.45, 7) is 10.2. The fourth-order valence-electron chi connectivity index (χ4n) is 5.35. The smallest absolute Gasteiger partial charge is 0.407 e. The molecular weight excluding hydrogens is 718 g/mol. The molecule has 0 aliphatic heterocycles. The number of benzene rings is 2. The lowest BCUT2D eigenvalue weighted by atomic mass is 9.98. The Morgan fingerprint density at radius 2 is 0.836 bits per heavy atom. The second kappa shape index (κ2) is 31.9. The largest absolute Gasteiger partial charge is 0.469 e. The maximum absolute atomic E-state index is 12.3. The predicted octanol–water partition coefficient (Wildman–Crippen LogP) is 3.64. The number of fused-ring (bicyclic) bond motifs is 3. The van der Waals surface area contributed by atoms with Crippen molar-refractivity contribution < 1.29 is 66.4 Å². The van der Waals surface area contributed by atoms with Gasteiger partial charge in [0.1, 0.15) is 6.61 Å². The molecular formula is C40H61NO14. The van der Waals surface area contributed by atoms with Gasteiger partial charge in [-0.1, -0.05) is 48.5 Å². The summed E-state index contributed by atoms with van der Waals surface area (Å²) in [5.74, 6) is -0.243. The molecule has 15 heteroatoms. The first-order valence-corrected chi connectivity index (χ1v) is 19.1. The van der Waals surface area contributed by atoms with E-state index in [2.05, 4.69) is 34.3 Å². The van der Waals surface area contributed by atoms with Gasteiger partial charge in [0, 0.05) is 19.1 Å². The number of carbonyl (C=O) groups excluding carboxylic acids is 2. The van der Waals surface area contributed by atoms with Gasteiger partial charge >= 0.3 is 12.1 Å². The van der Waals surface area contributed by atoms with Gasteiger partial charge in [-0.15, -0.1) is 0 Å². The van der Waals surface area contributed by atoms with Crippen molar-refractivity contribution >= 4 is 12.1 Å². The van der Waals surface area contributed by atoms with Crippen LogP contribution in [0.15, 0.2) is 48.5 Å². The van der Waals surface area contributed by atoms with Crippen LogP contribution in [0, 0.1) is 0 Å². The van der Waals surface area contributed by atoms with Crippen LogP contribution >= 0.6 is 0 Å². The van der Waals surface area contributed by atoms with Crippen molar-refractivity contribution in [3.8, 4) is 11.1 Å². The molecule has 0 radical (unpaired) electrons. The molecule has 0 unspecified atom stereocenters. The van der Waals surface area contributed by atoms with E-state index in [9.17, 15) is 9.59 Å². The first-order valence-electron chi connectivity index (χ1n) is 19.1. The lowest BCUT2D eigenvalue weighted by Crippen LogP contribution is -2.27. The number of alkyl carbamates (subject to hydrolysis) is 1. The Bertz CT molecular complexity index is 1220. The molecule has 0 aromatic heterocycles. The van der Waals surface area contributed by atoms with E-state index in [4.69, 9.17) is 52.1 Å². The van der Waals surface area contributed by atoms with E-state index in [-0.39, 0.29) is 18.3 Å². The van der Waals surface area contributed by atoms with Crippen molar-refractivity contribution in [2.75, 3.05) is 152 Å². The van der Waals surface area contributed by atoms with Crippen LogP contribution in [0.2, 0.25) is 0 Å². The van der Waals surface area contributed by atoms with Gasteiger partial charge in [0.2, 0.25) is 0 Å². The molecule has 0 saturated heterocycles. The van der Waals surface area contributed by atoms with Gasteiger partial charge < -0.3 is 62.2 Å². The van der Waals surface area contributed by atoms with Gasteiger partial charge in [0.15, 0.2) is 0 Å². The van der Waals surface area contributed by atoms with Crippen molar-refractivity contribution in [2.45, 2.75) is 18.8 Å². The van der Waals surface area contributed by atoms with Gasteiger partial charge in [-0.2, -0.15) is 0 Å². The molecule has 15 nitrogen and oxygen atoms in total. The number of hydrogen-bond donors (Lipinski definition) is 1. The molecule has 0 heterocycles. The highest BCUT2D eigenvalue weighted by Gasteiger charge is 2.28. The standard InChI is InChI=1S/C40H61NO14/c1-44-39(42)11-14-46-16-18-48-20-22-50-24-26-52-28-30-54-32-31-53-29-27-51-25-23-49-21-19-47-17-15-45-13-6-12-41-40(43)55-33-38-36-9-4-2-7-34(36)35-8-3-5-10-37(35)38/h2-5,7-10,38H,6,11-33H2,1H3,(H,41,43). The molecule has 0 spiro atoms. The van der Waals surface area contributed by atoms with E-state index >= 15 is 0 Å². The summed E-state index contributed by atoms with van der Waals surface area (Å²) in [5.41, 5.74) is 4.80. The second-order valence-corrected chi connectivity index (χ2v) is 12.1. The zero-order chi connectivity index (χ0) is 38.9. The van der Waals surface area contributed by atoms with Crippen molar-refractivity contribution in [1.82, 2.24) is 5.32 Å². The maximum atomic E-state index is 12.3. The molecule has 0 saturated carbocycles. The first-order chi connectivity index (χ1) is 27.2. The number of hydrogen-bond acceptors (Lipinski definition) is 14. The lowest BCUT2D eigenvalue weighted by Gasteiger charge is -2.14. The number of rotatable bonds is 36. The van der Waals surface area contributed by atoms with Crippen molar-refractivity contribution in [1.29, 1.82) is 0 Å². The van der Waals surface area contributed by atoms with Gasteiger partial charge in [0.05, 0.1) is 139 Å². The van der Waals surface area contributed by atoms with Crippen molar-refractivity contribution in [3.05, 3.63) is 59.7 Å².